The molecule has 11 aromatic carbocycles. The molecule has 0 unspecified atom stereocenters. The first-order chi connectivity index (χ1) is 36.0. The minimum atomic E-state index is -0.197. The third-order valence-electron chi connectivity index (χ3n) is 15.2. The molecule has 13 aromatic rings. The monoisotopic (exact) mass is 932 g/mol. The Labute approximate surface area is 424 Å². The van der Waals surface area contributed by atoms with E-state index in [4.69, 9.17) is 9.97 Å². The van der Waals surface area contributed by atoms with Gasteiger partial charge in [0.05, 0.1) is 28.1 Å². The van der Waals surface area contributed by atoms with Gasteiger partial charge in [-0.3, -0.25) is 4.57 Å². The van der Waals surface area contributed by atoms with Gasteiger partial charge >= 0.3 is 0 Å². The maximum atomic E-state index is 5.57. The van der Waals surface area contributed by atoms with E-state index in [2.05, 4.69) is 278 Å². The van der Waals surface area contributed by atoms with Crippen LogP contribution in [0.4, 0.5) is 17.1 Å². The Bertz CT molecular complexity index is 4080. The van der Waals surface area contributed by atoms with Crippen LogP contribution >= 0.6 is 0 Å². The molecule has 2 aromatic heterocycles. The highest BCUT2D eigenvalue weighted by Gasteiger charge is 2.37. The lowest BCUT2D eigenvalue weighted by Crippen LogP contribution is -2.14. The van der Waals surface area contributed by atoms with Gasteiger partial charge in [0.2, 0.25) is 0 Å². The molecule has 0 atom stereocenters. The van der Waals surface area contributed by atoms with E-state index in [1.807, 2.05) is 0 Å². The van der Waals surface area contributed by atoms with Crippen molar-refractivity contribution in [2.24, 2.45) is 0 Å². The molecule has 0 amide bonds. The first-order valence-corrected chi connectivity index (χ1v) is 25.1. The number of anilines is 3. The van der Waals surface area contributed by atoms with E-state index in [0.717, 1.165) is 67.2 Å². The first-order valence-electron chi connectivity index (χ1n) is 25.1. The van der Waals surface area contributed by atoms with Crippen molar-refractivity contribution in [3.63, 3.8) is 0 Å². The van der Waals surface area contributed by atoms with Crippen molar-refractivity contribution in [1.82, 2.24) is 14.5 Å². The molecule has 0 aliphatic heterocycles. The van der Waals surface area contributed by atoms with Crippen molar-refractivity contribution in [2.75, 3.05) is 4.90 Å². The Balaban J connectivity index is 1.04. The summed E-state index contributed by atoms with van der Waals surface area (Å²) < 4.78 is 2.38. The third kappa shape index (κ3) is 6.98. The van der Waals surface area contributed by atoms with Crippen LogP contribution in [0.5, 0.6) is 0 Å². The highest BCUT2D eigenvalue weighted by Crippen LogP contribution is 2.54. The molecule has 0 saturated heterocycles. The molecule has 4 nitrogen and oxygen atoms in total. The Kier molecular flexibility index (Phi) is 9.84. The van der Waals surface area contributed by atoms with Crippen molar-refractivity contribution in [3.8, 4) is 61.8 Å². The van der Waals surface area contributed by atoms with Crippen molar-refractivity contribution >= 4 is 60.4 Å². The number of nitrogens with zero attached hydrogens (tertiary/aromatic N) is 4. The smallest absolute Gasteiger partial charge is 0.162 e. The van der Waals surface area contributed by atoms with E-state index >= 15 is 0 Å². The summed E-state index contributed by atoms with van der Waals surface area (Å²) in [5.74, 6) is 1.47. The highest BCUT2D eigenvalue weighted by atomic mass is 15.1. The summed E-state index contributed by atoms with van der Waals surface area (Å²) in [6.45, 7) is 4.73. The van der Waals surface area contributed by atoms with E-state index in [-0.39, 0.29) is 5.41 Å². The number of fused-ring (bicyclic) bond motifs is 9. The fraction of sp³-hybridized carbons (Fsp3) is 0.0435. The van der Waals surface area contributed by atoms with E-state index in [9.17, 15) is 0 Å². The molecule has 14 rings (SSSR count). The Morgan fingerprint density at radius 2 is 0.904 bits per heavy atom. The van der Waals surface area contributed by atoms with E-state index in [1.165, 1.54) is 60.3 Å². The Morgan fingerprint density at radius 3 is 1.55 bits per heavy atom. The normalized spacial score (nSPS) is 12.6. The molecule has 0 saturated carbocycles. The molecular formula is C69H48N4. The minimum absolute atomic E-state index is 0.197. The standard InChI is InChI=1S/C69H48N4/c1-69(2)58-28-14-13-27-56(58)66-59(69)40-42-64-67(66)57-43-53(72(61-29-15-23-49-21-9-11-25-54(49)61)62-30-16-24-50-22-10-12-26-55(50)62)39-41-63(57)73(64)65-44-60(51-35-31-47(32-36-51)45-17-5-3-6-18-45)70-68(71-65)52-37-33-48(34-38-52)46-19-7-4-8-20-46/h3-44H,1-2H3. The Morgan fingerprint density at radius 1 is 0.384 bits per heavy atom. The van der Waals surface area contributed by atoms with Gasteiger partial charge in [-0.05, 0) is 91.7 Å². The second-order valence-corrected chi connectivity index (χ2v) is 19.7. The second kappa shape index (κ2) is 16.9. The second-order valence-electron chi connectivity index (χ2n) is 19.7. The molecule has 0 bridgehead atoms. The molecule has 0 spiro atoms. The van der Waals surface area contributed by atoms with Crippen LogP contribution in [-0.4, -0.2) is 14.5 Å². The van der Waals surface area contributed by atoms with Crippen LogP contribution in [-0.2, 0) is 5.41 Å². The third-order valence-corrected chi connectivity index (χ3v) is 15.2. The molecule has 0 radical (unpaired) electrons. The van der Waals surface area contributed by atoms with Gasteiger partial charge in [-0.2, -0.15) is 0 Å². The molecular weight excluding hydrogens is 885 g/mol. The van der Waals surface area contributed by atoms with Gasteiger partial charge in [0.1, 0.15) is 5.82 Å². The molecule has 344 valence electrons. The van der Waals surface area contributed by atoms with Crippen LogP contribution < -0.4 is 4.90 Å². The largest absolute Gasteiger partial charge is 0.309 e. The van der Waals surface area contributed by atoms with Crippen LogP contribution in [0, 0.1) is 0 Å². The summed E-state index contributed by atoms with van der Waals surface area (Å²) in [4.78, 5) is 13.4. The lowest BCUT2D eigenvalue weighted by molar-refractivity contribution is 0.661. The van der Waals surface area contributed by atoms with Gasteiger partial charge in [-0.1, -0.05) is 226 Å². The lowest BCUT2D eigenvalue weighted by Gasteiger charge is -2.28. The van der Waals surface area contributed by atoms with Gasteiger partial charge < -0.3 is 4.90 Å². The average molecular weight is 933 g/mol. The fourth-order valence-electron chi connectivity index (χ4n) is 11.6. The summed E-state index contributed by atoms with van der Waals surface area (Å²) in [5, 5.41) is 7.13. The Hall–Kier alpha value is -9.38. The van der Waals surface area contributed by atoms with Crippen molar-refractivity contribution < 1.29 is 0 Å². The summed E-state index contributed by atoms with van der Waals surface area (Å²) >= 11 is 0. The van der Waals surface area contributed by atoms with Crippen LogP contribution in [0.2, 0.25) is 0 Å². The summed E-state index contributed by atoms with van der Waals surface area (Å²) in [5.41, 5.74) is 18.0. The van der Waals surface area contributed by atoms with E-state index in [1.54, 1.807) is 0 Å². The summed E-state index contributed by atoms with van der Waals surface area (Å²) in [7, 11) is 0. The van der Waals surface area contributed by atoms with Gasteiger partial charge in [0, 0.05) is 49.8 Å². The average Bonchev–Trinajstić information content (AvgIpc) is 3.91. The lowest BCUT2D eigenvalue weighted by atomic mass is 9.82. The van der Waals surface area contributed by atoms with Gasteiger partial charge in [0.25, 0.3) is 0 Å². The zero-order valence-electron chi connectivity index (χ0n) is 40.5. The van der Waals surface area contributed by atoms with Crippen molar-refractivity contribution in [1.29, 1.82) is 0 Å². The van der Waals surface area contributed by atoms with E-state index in [0.29, 0.717) is 5.82 Å². The molecule has 0 fully saturated rings. The van der Waals surface area contributed by atoms with Crippen LogP contribution in [0.1, 0.15) is 25.0 Å². The topological polar surface area (TPSA) is 34.0 Å². The summed E-state index contributed by atoms with van der Waals surface area (Å²) in [6, 6.07) is 92.1. The molecule has 73 heavy (non-hydrogen) atoms. The minimum Gasteiger partial charge on any atom is -0.309 e. The van der Waals surface area contributed by atoms with E-state index < -0.39 is 0 Å². The van der Waals surface area contributed by atoms with Crippen molar-refractivity contribution in [3.05, 3.63) is 266 Å². The zero-order chi connectivity index (χ0) is 48.6. The molecule has 0 N–H and O–H groups in total. The van der Waals surface area contributed by atoms with Gasteiger partial charge in [0.15, 0.2) is 5.82 Å². The van der Waals surface area contributed by atoms with Crippen LogP contribution in [0.25, 0.3) is 105 Å². The number of rotatable bonds is 8. The molecule has 1 aliphatic carbocycles. The first kappa shape index (κ1) is 42.5. The maximum absolute atomic E-state index is 5.57. The predicted octanol–water partition coefficient (Wildman–Crippen LogP) is 18.3. The van der Waals surface area contributed by atoms with Crippen molar-refractivity contribution in [2.45, 2.75) is 19.3 Å². The number of aromatic nitrogens is 3. The highest BCUT2D eigenvalue weighted by molar-refractivity contribution is 6.19. The van der Waals surface area contributed by atoms with Gasteiger partial charge in [-0.25, -0.2) is 9.97 Å². The molecule has 4 heteroatoms. The van der Waals surface area contributed by atoms with Crippen LogP contribution in [0.3, 0.4) is 0 Å². The van der Waals surface area contributed by atoms with Crippen LogP contribution in [0.15, 0.2) is 255 Å². The number of hydrogen-bond donors (Lipinski definition) is 0. The fourth-order valence-corrected chi connectivity index (χ4v) is 11.6. The number of benzene rings is 11. The zero-order valence-corrected chi connectivity index (χ0v) is 40.5. The molecule has 2 heterocycles. The van der Waals surface area contributed by atoms with Gasteiger partial charge in [-0.15, -0.1) is 0 Å². The predicted molar refractivity (Wildman–Crippen MR) is 305 cm³/mol. The number of hydrogen-bond acceptors (Lipinski definition) is 3. The summed E-state index contributed by atoms with van der Waals surface area (Å²) in [6.07, 6.45) is 0. The quantitative estimate of drug-likeness (QED) is 0.152. The maximum Gasteiger partial charge on any atom is 0.162 e. The molecule has 1 aliphatic rings. The SMILES string of the molecule is CC1(C)c2ccccc2-c2c1ccc1c2c2cc(N(c3cccc4ccccc34)c3cccc4ccccc34)ccc2n1-c1cc(-c2ccc(-c3ccccc3)cc2)nc(-c2ccc(-c3ccccc3)cc2)n1.